The number of benzene rings is 1. The van der Waals surface area contributed by atoms with Crippen molar-refractivity contribution in [2.75, 3.05) is 13.1 Å². The van der Waals surface area contributed by atoms with Crippen molar-refractivity contribution in [3.8, 4) is 0 Å². The topological polar surface area (TPSA) is 87.3 Å². The van der Waals surface area contributed by atoms with Crippen molar-refractivity contribution in [1.82, 2.24) is 16.0 Å². The van der Waals surface area contributed by atoms with Crippen LogP contribution in [0, 0.1) is 0 Å². The van der Waals surface area contributed by atoms with Crippen molar-refractivity contribution in [1.29, 1.82) is 0 Å². The second-order valence-corrected chi connectivity index (χ2v) is 6.59. The van der Waals surface area contributed by atoms with E-state index in [-0.39, 0.29) is 30.4 Å². The van der Waals surface area contributed by atoms with Crippen LogP contribution in [0.3, 0.4) is 0 Å². The molecular weight excluding hydrogens is 350 g/mol. The largest absolute Gasteiger partial charge is 0.350 e. The Morgan fingerprint density at radius 3 is 2.18 bits per heavy atom. The normalized spacial score (nSPS) is 10.7. The molecule has 1 rings (SSSR count). The first-order valence-electron chi connectivity index (χ1n) is 6.79. The predicted octanol–water partition coefficient (Wildman–Crippen LogP) is 1.21. The number of hydrogen-bond donors (Lipinski definition) is 3. The van der Waals surface area contributed by atoms with Crippen LogP contribution >= 0.6 is 15.9 Å². The highest BCUT2D eigenvalue weighted by Crippen LogP contribution is 2.15. The highest BCUT2D eigenvalue weighted by molar-refractivity contribution is 9.10. The predicted molar refractivity (Wildman–Crippen MR) is 87.4 cm³/mol. The summed E-state index contributed by atoms with van der Waals surface area (Å²) in [6.45, 7) is 5.24. The van der Waals surface area contributed by atoms with Gasteiger partial charge in [-0.3, -0.25) is 14.4 Å². The Morgan fingerprint density at radius 1 is 1.00 bits per heavy atom. The van der Waals surface area contributed by atoms with E-state index in [0.717, 1.165) is 0 Å². The van der Waals surface area contributed by atoms with Crippen molar-refractivity contribution in [2.45, 2.75) is 26.3 Å². The van der Waals surface area contributed by atoms with Crippen LogP contribution in [0.4, 0.5) is 0 Å². The molecule has 0 atom stereocenters. The summed E-state index contributed by atoms with van der Waals surface area (Å²) in [5, 5.41) is 7.67. The lowest BCUT2D eigenvalue weighted by atomic mass is 10.1. The van der Waals surface area contributed by atoms with Crippen molar-refractivity contribution in [2.24, 2.45) is 0 Å². The molecule has 22 heavy (non-hydrogen) atoms. The van der Waals surface area contributed by atoms with Crippen molar-refractivity contribution in [3.63, 3.8) is 0 Å². The molecule has 0 aromatic heterocycles. The van der Waals surface area contributed by atoms with E-state index >= 15 is 0 Å². The highest BCUT2D eigenvalue weighted by atomic mass is 79.9. The van der Waals surface area contributed by atoms with E-state index in [9.17, 15) is 14.4 Å². The van der Waals surface area contributed by atoms with Crippen LogP contribution in [-0.4, -0.2) is 36.3 Å². The zero-order valence-electron chi connectivity index (χ0n) is 12.8. The van der Waals surface area contributed by atoms with E-state index < -0.39 is 5.91 Å². The molecule has 120 valence electrons. The number of hydrogen-bond acceptors (Lipinski definition) is 3. The summed E-state index contributed by atoms with van der Waals surface area (Å²) in [5.74, 6) is -1.07. The summed E-state index contributed by atoms with van der Waals surface area (Å²) < 4.78 is 0.650. The molecular formula is C15H20BrN3O3. The lowest BCUT2D eigenvalue weighted by molar-refractivity contribution is -0.126. The van der Waals surface area contributed by atoms with Gasteiger partial charge in [0.05, 0.1) is 18.7 Å². The molecule has 3 N–H and O–H groups in total. The van der Waals surface area contributed by atoms with Gasteiger partial charge in [0.1, 0.15) is 0 Å². The minimum absolute atomic E-state index is 0.124. The van der Waals surface area contributed by atoms with Crippen LogP contribution in [0.15, 0.2) is 28.7 Å². The minimum atomic E-state index is -0.426. The summed E-state index contributed by atoms with van der Waals surface area (Å²) in [6.07, 6.45) is 0. The third-order valence-corrected chi connectivity index (χ3v) is 3.18. The second kappa shape index (κ2) is 7.93. The van der Waals surface area contributed by atoms with E-state index in [1.807, 2.05) is 20.8 Å². The van der Waals surface area contributed by atoms with E-state index in [1.54, 1.807) is 24.3 Å². The van der Waals surface area contributed by atoms with Gasteiger partial charge in [-0.25, -0.2) is 0 Å². The number of carbonyl (C=O) groups is 3. The molecule has 0 unspecified atom stereocenters. The summed E-state index contributed by atoms with van der Waals surface area (Å²) in [4.78, 5) is 35.1. The van der Waals surface area contributed by atoms with Gasteiger partial charge in [0.2, 0.25) is 11.8 Å². The van der Waals surface area contributed by atoms with Gasteiger partial charge in [0, 0.05) is 10.0 Å². The first-order valence-corrected chi connectivity index (χ1v) is 7.59. The van der Waals surface area contributed by atoms with Crippen molar-refractivity contribution in [3.05, 3.63) is 34.3 Å². The average Bonchev–Trinajstić information content (AvgIpc) is 2.41. The molecule has 0 fully saturated rings. The quantitative estimate of drug-likeness (QED) is 0.728. The van der Waals surface area contributed by atoms with E-state index in [1.165, 1.54) is 0 Å². The Labute approximate surface area is 138 Å². The third-order valence-electron chi connectivity index (χ3n) is 2.49. The van der Waals surface area contributed by atoms with Crippen LogP contribution in [0.1, 0.15) is 31.1 Å². The molecule has 0 heterocycles. The standard InChI is InChI=1S/C15H20BrN3O3/c1-15(2,3)19-13(21)9-17-12(20)8-18-14(22)10-6-4-5-7-11(10)16/h4-7H,8-9H2,1-3H3,(H,17,20)(H,18,22)(H,19,21). The van der Waals surface area contributed by atoms with Gasteiger partial charge < -0.3 is 16.0 Å². The first kappa shape index (κ1) is 18.2. The van der Waals surface area contributed by atoms with Crippen LogP contribution < -0.4 is 16.0 Å². The molecule has 1 aromatic carbocycles. The number of rotatable bonds is 5. The molecule has 3 amide bonds. The Kier molecular flexibility index (Phi) is 6.55. The van der Waals surface area contributed by atoms with E-state index in [2.05, 4.69) is 31.9 Å². The van der Waals surface area contributed by atoms with Gasteiger partial charge in [-0.1, -0.05) is 12.1 Å². The van der Waals surface area contributed by atoms with Crippen LogP contribution in [0.25, 0.3) is 0 Å². The molecule has 0 aliphatic rings. The summed E-state index contributed by atoms with van der Waals surface area (Å²) >= 11 is 3.27. The fourth-order valence-electron chi connectivity index (χ4n) is 1.60. The molecule has 0 radical (unpaired) electrons. The van der Waals surface area contributed by atoms with Gasteiger partial charge in [-0.05, 0) is 48.8 Å². The molecule has 0 aliphatic heterocycles. The first-order chi connectivity index (χ1) is 10.2. The van der Waals surface area contributed by atoms with Gasteiger partial charge in [-0.15, -0.1) is 0 Å². The van der Waals surface area contributed by atoms with Crippen LogP contribution in [0.2, 0.25) is 0 Å². The van der Waals surface area contributed by atoms with E-state index in [4.69, 9.17) is 0 Å². The Morgan fingerprint density at radius 2 is 1.59 bits per heavy atom. The zero-order chi connectivity index (χ0) is 16.8. The Hall–Kier alpha value is -1.89. The lowest BCUT2D eigenvalue weighted by Gasteiger charge is -2.20. The van der Waals surface area contributed by atoms with Crippen molar-refractivity contribution >= 4 is 33.7 Å². The smallest absolute Gasteiger partial charge is 0.252 e. The van der Waals surface area contributed by atoms with Gasteiger partial charge in [0.15, 0.2) is 0 Å². The van der Waals surface area contributed by atoms with Crippen molar-refractivity contribution < 1.29 is 14.4 Å². The van der Waals surface area contributed by atoms with Gasteiger partial charge in [-0.2, -0.15) is 0 Å². The average molecular weight is 370 g/mol. The fraction of sp³-hybridized carbons (Fsp3) is 0.400. The Bertz CT molecular complexity index is 567. The summed E-state index contributed by atoms with van der Waals surface area (Å²) in [6, 6.07) is 6.91. The SMILES string of the molecule is CC(C)(C)NC(=O)CNC(=O)CNC(=O)c1ccccc1Br. The van der Waals surface area contributed by atoms with Gasteiger partial charge >= 0.3 is 0 Å². The third kappa shape index (κ3) is 6.71. The monoisotopic (exact) mass is 369 g/mol. The number of amides is 3. The molecule has 1 aromatic rings. The number of carbonyl (C=O) groups excluding carboxylic acids is 3. The minimum Gasteiger partial charge on any atom is -0.350 e. The lowest BCUT2D eigenvalue weighted by Crippen LogP contribution is -2.47. The maximum absolute atomic E-state index is 11.9. The van der Waals surface area contributed by atoms with E-state index in [0.29, 0.717) is 10.0 Å². The molecule has 0 bridgehead atoms. The summed E-state index contributed by atoms with van der Waals surface area (Å²) in [5.41, 5.74) is 0.0936. The fourth-order valence-corrected chi connectivity index (χ4v) is 2.07. The molecule has 0 saturated heterocycles. The molecule has 0 aliphatic carbocycles. The zero-order valence-corrected chi connectivity index (χ0v) is 14.4. The molecule has 7 heteroatoms. The summed E-state index contributed by atoms with van der Waals surface area (Å²) in [7, 11) is 0. The second-order valence-electron chi connectivity index (χ2n) is 5.74. The molecule has 0 saturated carbocycles. The maximum atomic E-state index is 11.9. The van der Waals surface area contributed by atoms with Crippen LogP contribution in [0.5, 0.6) is 0 Å². The molecule has 0 spiro atoms. The molecule has 6 nitrogen and oxygen atoms in total. The van der Waals surface area contributed by atoms with Gasteiger partial charge in [0.25, 0.3) is 5.91 Å². The maximum Gasteiger partial charge on any atom is 0.252 e. The Balaban J connectivity index is 2.36. The highest BCUT2D eigenvalue weighted by Gasteiger charge is 2.15. The van der Waals surface area contributed by atoms with Crippen LogP contribution in [-0.2, 0) is 9.59 Å². The number of halogens is 1. The number of nitrogens with one attached hydrogen (secondary N) is 3.